The van der Waals surface area contributed by atoms with Gasteiger partial charge in [0.25, 0.3) is 0 Å². The predicted octanol–water partition coefficient (Wildman–Crippen LogP) is 1.29. The summed E-state index contributed by atoms with van der Waals surface area (Å²) in [6.45, 7) is 0.265. The Kier molecular flexibility index (Phi) is 5.41. The Morgan fingerprint density at radius 2 is 2.23 bits per heavy atom. The van der Waals surface area contributed by atoms with Crippen molar-refractivity contribution in [2.45, 2.75) is 6.54 Å². The van der Waals surface area contributed by atoms with Gasteiger partial charge in [-0.05, 0) is 0 Å². The summed E-state index contributed by atoms with van der Waals surface area (Å²) in [5.74, 6) is -0.492. The third-order valence-corrected chi connectivity index (χ3v) is 7.78. The molecule has 4 rings (SSSR count). The molecule has 1 aromatic heterocycles. The molecule has 0 atom stereocenters. The number of hydrogen-bond acceptors (Lipinski definition) is 6. The van der Waals surface area contributed by atoms with Crippen LogP contribution >= 0.6 is 0 Å². The maximum atomic E-state index is 13.6. The Balaban J connectivity index is 1.62. The minimum atomic E-state index is -1.22. The molecule has 30 heavy (non-hydrogen) atoms. The van der Waals surface area contributed by atoms with E-state index in [1.54, 1.807) is 6.21 Å². The number of carbonyl (C=O) groups is 1. The molecule has 1 amide bonds. The van der Waals surface area contributed by atoms with Gasteiger partial charge in [0.15, 0.2) is 0 Å². The van der Waals surface area contributed by atoms with Gasteiger partial charge in [0.05, 0.1) is 0 Å². The van der Waals surface area contributed by atoms with Gasteiger partial charge in [-0.25, -0.2) is 0 Å². The molecule has 0 bridgehead atoms. The van der Waals surface area contributed by atoms with Crippen LogP contribution in [0.4, 0.5) is 10.2 Å². The Hall–Kier alpha value is -3.39. The number of carbonyl (C=O) groups excluding carboxylic acids is 1. The van der Waals surface area contributed by atoms with Crippen LogP contribution in [-0.4, -0.2) is 50.8 Å². The summed E-state index contributed by atoms with van der Waals surface area (Å²) < 4.78 is 24.3. The molecule has 0 unspecified atom stereocenters. The number of nitriles is 1. The zero-order valence-corrected chi connectivity index (χ0v) is 18.6. The number of nitrogens with two attached hydrogens (primary N) is 1. The second kappa shape index (κ2) is 8.15. The number of amides is 1. The Morgan fingerprint density at radius 1 is 1.40 bits per heavy atom. The fraction of sp³-hybridized carbons (Fsp3) is 0.100. The number of benzene rings is 2. The molecule has 0 saturated heterocycles. The van der Waals surface area contributed by atoms with Gasteiger partial charge in [-0.3, -0.25) is 0 Å². The fourth-order valence-electron chi connectivity index (χ4n) is 3.25. The molecule has 1 aliphatic rings. The van der Waals surface area contributed by atoms with E-state index >= 15 is 0 Å². The number of ether oxygens (including phenoxy) is 1. The van der Waals surface area contributed by atoms with Crippen LogP contribution in [0.3, 0.4) is 0 Å². The number of nitrogen functional groups attached to an aromatic ring is 1. The van der Waals surface area contributed by atoms with Crippen LogP contribution < -0.4 is 19.4 Å². The summed E-state index contributed by atoms with van der Waals surface area (Å²) in [5.41, 5.74) is 9.40. The molecule has 3 aromatic rings. The molecule has 2 aromatic carbocycles. The number of rotatable bonds is 5. The van der Waals surface area contributed by atoms with Gasteiger partial charge >= 0.3 is 182 Å². The number of nitrogens with one attached hydrogen (secondary N) is 2. The number of aromatic nitrogens is 2. The normalized spacial score (nSPS) is 11.8. The van der Waals surface area contributed by atoms with E-state index in [4.69, 9.17) is 10.5 Å². The molecule has 8 nitrogen and oxygen atoms in total. The van der Waals surface area contributed by atoms with Gasteiger partial charge in [0, 0.05) is 0 Å². The molecular formula is C20H15FN6O2Sn. The number of nitrogens with zero attached hydrogens (tertiary/aromatic N) is 3. The van der Waals surface area contributed by atoms with Gasteiger partial charge in [-0.2, -0.15) is 0 Å². The number of fused-ring (bicyclic) bond motifs is 1. The topological polar surface area (TPSA) is 129 Å². The van der Waals surface area contributed by atoms with Crippen molar-refractivity contribution in [2.24, 2.45) is 3.21 Å². The molecular weight excluding hydrogens is 494 g/mol. The molecule has 0 spiro atoms. The predicted molar refractivity (Wildman–Crippen MR) is 110 cm³/mol. The summed E-state index contributed by atoms with van der Waals surface area (Å²) in [5, 5.41) is 18.9. The maximum absolute atomic E-state index is 13.6. The van der Waals surface area contributed by atoms with Crippen molar-refractivity contribution >= 4 is 42.9 Å². The van der Waals surface area contributed by atoms with Crippen molar-refractivity contribution in [3.05, 3.63) is 58.4 Å². The number of H-pyrrole nitrogens is 1. The summed E-state index contributed by atoms with van der Waals surface area (Å²) in [6, 6.07) is 9.63. The molecule has 0 aliphatic carbocycles. The summed E-state index contributed by atoms with van der Waals surface area (Å²) >= 11 is -1.22. The Bertz CT molecular complexity index is 1230. The van der Waals surface area contributed by atoms with Crippen LogP contribution in [0.1, 0.15) is 27.0 Å². The first-order valence-corrected chi connectivity index (χ1v) is 11.5. The van der Waals surface area contributed by atoms with E-state index in [2.05, 4.69) is 24.8 Å². The second-order valence-corrected chi connectivity index (χ2v) is 9.23. The van der Waals surface area contributed by atoms with Crippen LogP contribution in [0, 0.1) is 17.1 Å². The molecule has 4 N–H and O–H groups in total. The number of hydrogen-bond donors (Lipinski definition) is 3. The SMILES string of the molecule is COc1ccc(F)cc1C(=O)NCc1ccc(-c2[nH]nc(N)c2C#N)c2[c]1[Sn][N]=C2. The summed E-state index contributed by atoms with van der Waals surface area (Å²) in [6.07, 6.45) is 1.80. The van der Waals surface area contributed by atoms with E-state index in [1.807, 2.05) is 12.1 Å². The van der Waals surface area contributed by atoms with E-state index in [0.717, 1.165) is 26.3 Å². The van der Waals surface area contributed by atoms with Crippen molar-refractivity contribution < 1.29 is 13.9 Å². The standard InChI is InChI=1S/C20H15FN6O2.Sn/c1-29-17-5-3-13(21)7-15(17)20(28)25-10-11-2-4-14(12(6-11)8-22)18-16(9-23)19(24)27-26-18;/h2-5,7-8H,10H2,1H3,(H,25,28)(H3,24,26,27);/q-1;+1. The first-order chi connectivity index (χ1) is 14.5. The van der Waals surface area contributed by atoms with Crippen LogP contribution in [0.25, 0.3) is 11.3 Å². The molecule has 0 fully saturated rings. The quantitative estimate of drug-likeness (QED) is 0.447. The molecule has 148 valence electrons. The number of anilines is 1. The van der Waals surface area contributed by atoms with E-state index in [9.17, 15) is 14.4 Å². The first kappa shape index (κ1) is 19.9. The van der Waals surface area contributed by atoms with Crippen LogP contribution in [-0.2, 0) is 6.54 Å². The minimum absolute atomic E-state index is 0.133. The van der Waals surface area contributed by atoms with Gasteiger partial charge in [0.1, 0.15) is 0 Å². The average molecular weight is 509 g/mol. The van der Waals surface area contributed by atoms with Crippen molar-refractivity contribution in [1.82, 2.24) is 15.5 Å². The van der Waals surface area contributed by atoms with Gasteiger partial charge < -0.3 is 0 Å². The Morgan fingerprint density at radius 3 is 3.00 bits per heavy atom. The van der Waals surface area contributed by atoms with E-state index in [0.29, 0.717) is 17.0 Å². The van der Waals surface area contributed by atoms with Crippen LogP contribution in [0.15, 0.2) is 33.5 Å². The number of methoxy groups -OCH3 is 1. The van der Waals surface area contributed by atoms with Crippen molar-refractivity contribution in [3.8, 4) is 23.1 Å². The molecule has 2 heterocycles. The number of halogens is 1. The van der Waals surface area contributed by atoms with E-state index in [1.165, 1.54) is 19.2 Å². The van der Waals surface area contributed by atoms with Crippen LogP contribution in [0.5, 0.6) is 5.75 Å². The van der Waals surface area contributed by atoms with Crippen molar-refractivity contribution in [1.29, 1.82) is 5.26 Å². The molecule has 2 radical (unpaired) electrons. The summed E-state index contributed by atoms with van der Waals surface area (Å²) in [4.78, 5) is 12.6. The van der Waals surface area contributed by atoms with Gasteiger partial charge in [-0.15, -0.1) is 0 Å². The molecule has 1 aliphatic heterocycles. The van der Waals surface area contributed by atoms with Crippen molar-refractivity contribution in [2.75, 3.05) is 12.8 Å². The van der Waals surface area contributed by atoms with Crippen LogP contribution in [0.2, 0.25) is 0 Å². The van der Waals surface area contributed by atoms with Crippen molar-refractivity contribution in [3.63, 3.8) is 0 Å². The monoisotopic (exact) mass is 510 g/mol. The zero-order valence-electron chi connectivity index (χ0n) is 15.8. The third-order valence-electron chi connectivity index (χ3n) is 4.72. The Labute approximate surface area is 181 Å². The van der Waals surface area contributed by atoms with E-state index < -0.39 is 33.1 Å². The third kappa shape index (κ3) is 3.50. The van der Waals surface area contributed by atoms with Gasteiger partial charge in [-0.1, -0.05) is 0 Å². The average Bonchev–Trinajstić information content (AvgIpc) is 3.38. The second-order valence-electron chi connectivity index (χ2n) is 6.43. The fourth-order valence-corrected chi connectivity index (χ4v) is 5.98. The number of aromatic amines is 1. The molecule has 0 saturated carbocycles. The zero-order chi connectivity index (χ0) is 21.3. The van der Waals surface area contributed by atoms with Gasteiger partial charge in [0.2, 0.25) is 0 Å². The first-order valence-electron chi connectivity index (χ1n) is 8.84. The van der Waals surface area contributed by atoms with E-state index in [-0.39, 0.29) is 17.9 Å². The molecule has 10 heteroatoms. The summed E-state index contributed by atoms with van der Waals surface area (Å²) in [7, 11) is 1.43.